The first-order valence-corrected chi connectivity index (χ1v) is 7.34. The van der Waals surface area contributed by atoms with E-state index in [0.29, 0.717) is 18.7 Å². The van der Waals surface area contributed by atoms with E-state index < -0.39 is 5.92 Å². The molecule has 0 saturated heterocycles. The molecule has 0 aliphatic heterocycles. The molecule has 0 aliphatic carbocycles. The lowest BCUT2D eigenvalue weighted by molar-refractivity contribution is -0.144. The van der Waals surface area contributed by atoms with E-state index in [9.17, 15) is 4.79 Å². The van der Waals surface area contributed by atoms with Crippen LogP contribution in [0.4, 0.5) is 0 Å². The van der Waals surface area contributed by atoms with Gasteiger partial charge in [-0.1, -0.05) is 35.6 Å². The average molecular weight is 293 g/mol. The highest BCUT2D eigenvalue weighted by molar-refractivity contribution is 5.78. The highest BCUT2D eigenvalue weighted by Crippen LogP contribution is 2.18. The first kappa shape index (κ1) is 15.8. The zero-order chi connectivity index (χ0) is 15.8. The van der Waals surface area contributed by atoms with Crippen LogP contribution < -0.4 is 0 Å². The fourth-order valence-corrected chi connectivity index (χ4v) is 2.03. The Kier molecular flexibility index (Phi) is 5.73. The number of aryl methyl sites for hydroxylation is 1. The topological polar surface area (TPSA) is 39.2 Å². The molecule has 0 fully saturated rings. The van der Waals surface area contributed by atoms with Crippen LogP contribution in [0.3, 0.4) is 0 Å². The summed E-state index contributed by atoms with van der Waals surface area (Å²) in [7, 11) is 0. The maximum atomic E-state index is 12.1. The zero-order valence-electron chi connectivity index (χ0n) is 12.9. The second-order valence-electron chi connectivity index (χ2n) is 4.93. The van der Waals surface area contributed by atoms with Gasteiger partial charge in [0.15, 0.2) is 0 Å². The second kappa shape index (κ2) is 7.99. The molecule has 22 heavy (non-hydrogen) atoms. The summed E-state index contributed by atoms with van der Waals surface area (Å²) in [5, 5.41) is 0. The van der Waals surface area contributed by atoms with Crippen LogP contribution in [0.2, 0.25) is 0 Å². The van der Waals surface area contributed by atoms with Gasteiger partial charge in [0.05, 0.1) is 12.3 Å². The van der Waals surface area contributed by atoms with E-state index in [4.69, 9.17) is 4.74 Å². The van der Waals surface area contributed by atoms with Crippen LogP contribution >= 0.6 is 0 Å². The predicted molar refractivity (Wildman–Crippen MR) is 86.3 cm³/mol. The van der Waals surface area contributed by atoms with Crippen molar-refractivity contribution in [2.24, 2.45) is 0 Å². The maximum Gasteiger partial charge on any atom is 0.315 e. The van der Waals surface area contributed by atoms with Crippen LogP contribution in [0.15, 0.2) is 48.7 Å². The minimum absolute atomic E-state index is 0.278. The summed E-state index contributed by atoms with van der Waals surface area (Å²) in [5.41, 5.74) is 2.83. The van der Waals surface area contributed by atoms with Crippen molar-refractivity contribution in [2.45, 2.75) is 26.2 Å². The lowest BCUT2D eigenvalue weighted by Crippen LogP contribution is -2.16. The first-order valence-electron chi connectivity index (χ1n) is 7.34. The molecule has 0 spiro atoms. The molecule has 0 aliphatic rings. The molecule has 0 radical (unpaired) electrons. The van der Waals surface area contributed by atoms with E-state index in [2.05, 4.69) is 16.8 Å². The molecule has 112 valence electrons. The molecule has 3 heteroatoms. The summed E-state index contributed by atoms with van der Waals surface area (Å²) < 4.78 is 5.13. The maximum absolute atomic E-state index is 12.1. The molecular formula is C19H19NO2. The standard InChI is InChI=1S/C19H19NO2/c1-3-22-19(21)17(18-9-4-5-14-20-18)8-6-7-16-12-10-15(2)11-13-16/h4-5,9-14,17H,3,8H2,1-2H3. The number of benzene rings is 1. The summed E-state index contributed by atoms with van der Waals surface area (Å²) in [6, 6.07) is 13.5. The fourth-order valence-electron chi connectivity index (χ4n) is 2.03. The Morgan fingerprint density at radius 1 is 1.23 bits per heavy atom. The van der Waals surface area contributed by atoms with Gasteiger partial charge in [-0.15, -0.1) is 0 Å². The van der Waals surface area contributed by atoms with Crippen molar-refractivity contribution < 1.29 is 9.53 Å². The molecule has 1 aromatic carbocycles. The summed E-state index contributed by atoms with van der Waals surface area (Å²) in [4.78, 5) is 16.4. The zero-order valence-corrected chi connectivity index (χ0v) is 12.9. The van der Waals surface area contributed by atoms with E-state index in [1.807, 2.05) is 49.4 Å². The molecule has 1 heterocycles. The first-order chi connectivity index (χ1) is 10.7. The second-order valence-corrected chi connectivity index (χ2v) is 4.93. The summed E-state index contributed by atoms with van der Waals surface area (Å²) in [6.45, 7) is 4.19. The van der Waals surface area contributed by atoms with E-state index in [1.54, 1.807) is 13.1 Å². The monoisotopic (exact) mass is 293 g/mol. The minimum Gasteiger partial charge on any atom is -0.465 e. The van der Waals surface area contributed by atoms with Crippen molar-refractivity contribution in [2.75, 3.05) is 6.61 Å². The molecule has 0 amide bonds. The number of pyridine rings is 1. The SMILES string of the molecule is CCOC(=O)C(CC#Cc1ccc(C)cc1)c1ccccn1. The normalized spacial score (nSPS) is 11.2. The van der Waals surface area contributed by atoms with Crippen LogP contribution in [0.25, 0.3) is 0 Å². The quantitative estimate of drug-likeness (QED) is 0.640. The fraction of sp³-hybridized carbons (Fsp3) is 0.263. The molecular weight excluding hydrogens is 274 g/mol. The van der Waals surface area contributed by atoms with Gasteiger partial charge in [0.25, 0.3) is 0 Å². The molecule has 1 atom stereocenters. The van der Waals surface area contributed by atoms with Gasteiger partial charge in [-0.25, -0.2) is 0 Å². The number of ether oxygens (including phenoxy) is 1. The lowest BCUT2D eigenvalue weighted by Gasteiger charge is -2.12. The molecule has 0 bridgehead atoms. The van der Waals surface area contributed by atoms with Gasteiger partial charge in [-0.2, -0.15) is 0 Å². The van der Waals surface area contributed by atoms with Crippen LogP contribution in [0.5, 0.6) is 0 Å². The van der Waals surface area contributed by atoms with Crippen molar-refractivity contribution in [1.82, 2.24) is 4.98 Å². The molecule has 2 rings (SSSR count). The van der Waals surface area contributed by atoms with Crippen LogP contribution in [-0.4, -0.2) is 17.6 Å². The molecule has 1 aromatic heterocycles. The molecule has 1 unspecified atom stereocenters. The molecule has 0 saturated carbocycles. The molecule has 2 aromatic rings. The smallest absolute Gasteiger partial charge is 0.315 e. The largest absolute Gasteiger partial charge is 0.465 e. The number of aromatic nitrogens is 1. The van der Waals surface area contributed by atoms with Crippen molar-refractivity contribution in [3.8, 4) is 11.8 Å². The van der Waals surface area contributed by atoms with Crippen molar-refractivity contribution in [1.29, 1.82) is 0 Å². The Balaban J connectivity index is 2.14. The highest BCUT2D eigenvalue weighted by atomic mass is 16.5. The van der Waals surface area contributed by atoms with Gasteiger partial charge in [0.1, 0.15) is 5.92 Å². The van der Waals surface area contributed by atoms with Crippen LogP contribution in [0.1, 0.15) is 36.1 Å². The Labute approximate surface area is 131 Å². The van der Waals surface area contributed by atoms with Gasteiger partial charge in [0.2, 0.25) is 0 Å². The van der Waals surface area contributed by atoms with E-state index in [1.165, 1.54) is 5.56 Å². The number of carbonyl (C=O) groups is 1. The van der Waals surface area contributed by atoms with Crippen molar-refractivity contribution in [3.63, 3.8) is 0 Å². The van der Waals surface area contributed by atoms with Crippen LogP contribution in [0, 0.1) is 18.8 Å². The Morgan fingerprint density at radius 3 is 2.64 bits per heavy atom. The summed E-state index contributed by atoms with van der Waals surface area (Å²) in [5.74, 6) is 5.43. The van der Waals surface area contributed by atoms with E-state index >= 15 is 0 Å². The van der Waals surface area contributed by atoms with Gasteiger partial charge >= 0.3 is 5.97 Å². The minimum atomic E-state index is -0.445. The predicted octanol–water partition coefficient (Wildman–Crippen LogP) is 3.48. The number of rotatable bonds is 4. The average Bonchev–Trinajstić information content (AvgIpc) is 2.54. The molecule has 3 nitrogen and oxygen atoms in total. The number of nitrogens with zero attached hydrogens (tertiary/aromatic N) is 1. The number of hydrogen-bond acceptors (Lipinski definition) is 3. The van der Waals surface area contributed by atoms with Crippen molar-refractivity contribution in [3.05, 3.63) is 65.5 Å². The van der Waals surface area contributed by atoms with Gasteiger partial charge in [-0.05, 0) is 38.1 Å². The van der Waals surface area contributed by atoms with E-state index in [-0.39, 0.29) is 5.97 Å². The van der Waals surface area contributed by atoms with Crippen LogP contribution in [-0.2, 0) is 9.53 Å². The third-order valence-corrected chi connectivity index (χ3v) is 3.21. The number of hydrogen-bond donors (Lipinski definition) is 0. The van der Waals surface area contributed by atoms with Gasteiger partial charge < -0.3 is 4.74 Å². The summed E-state index contributed by atoms with van der Waals surface area (Å²) in [6.07, 6.45) is 2.07. The highest BCUT2D eigenvalue weighted by Gasteiger charge is 2.21. The Hall–Kier alpha value is -2.60. The summed E-state index contributed by atoms with van der Waals surface area (Å²) >= 11 is 0. The van der Waals surface area contributed by atoms with Crippen molar-refractivity contribution >= 4 is 5.97 Å². The van der Waals surface area contributed by atoms with Gasteiger partial charge in [0, 0.05) is 18.2 Å². The number of carbonyl (C=O) groups excluding carboxylic acids is 1. The van der Waals surface area contributed by atoms with Gasteiger partial charge in [-0.3, -0.25) is 9.78 Å². The Morgan fingerprint density at radius 2 is 2.00 bits per heavy atom. The third-order valence-electron chi connectivity index (χ3n) is 3.21. The number of esters is 1. The lowest BCUT2D eigenvalue weighted by atomic mass is 10.0. The van der Waals surface area contributed by atoms with E-state index in [0.717, 1.165) is 5.56 Å². The third kappa shape index (κ3) is 4.46. The Bertz CT molecular complexity index is 666. The molecule has 0 N–H and O–H groups in total.